The molecule has 0 atom stereocenters. The number of thioether (sulfide) groups is 1. The molecule has 0 aromatic heterocycles. The lowest BCUT2D eigenvalue weighted by atomic mass is 10.0. The number of aryl methyl sites for hydroxylation is 1. The summed E-state index contributed by atoms with van der Waals surface area (Å²) in [6.45, 7) is 0. The lowest BCUT2D eigenvalue weighted by Crippen LogP contribution is -2.20. The number of fused-ring (bicyclic) bond motifs is 1. The Hall–Kier alpha value is -1.70. The van der Waals surface area contributed by atoms with Crippen LogP contribution in [0.3, 0.4) is 0 Å². The summed E-state index contributed by atoms with van der Waals surface area (Å²) < 4.78 is 28.0. The first kappa shape index (κ1) is 17.1. The van der Waals surface area contributed by atoms with Crippen molar-refractivity contribution in [2.75, 3.05) is 16.3 Å². The molecule has 0 spiro atoms. The van der Waals surface area contributed by atoms with Crippen LogP contribution in [0, 0.1) is 0 Å². The number of carbonyl (C=O) groups excluding carboxylic acids is 1. The molecule has 0 saturated carbocycles. The van der Waals surface area contributed by atoms with Crippen LogP contribution in [0.25, 0.3) is 0 Å². The summed E-state index contributed by atoms with van der Waals surface area (Å²) in [6.07, 6.45) is 2.75. The molecule has 8 heteroatoms. The molecule has 2 N–H and O–H groups in total. The van der Waals surface area contributed by atoms with Crippen LogP contribution in [0.15, 0.2) is 46.2 Å². The summed E-state index contributed by atoms with van der Waals surface area (Å²) in [5.41, 5.74) is 1.92. The Bertz CT molecular complexity index is 914. The van der Waals surface area contributed by atoms with Crippen LogP contribution in [0.4, 0.5) is 11.4 Å². The summed E-state index contributed by atoms with van der Waals surface area (Å²) in [5.74, 6) is -0.0558. The second kappa shape index (κ2) is 6.66. The Morgan fingerprint density at radius 1 is 1.17 bits per heavy atom. The largest absolute Gasteiger partial charge is 0.326 e. The highest BCUT2D eigenvalue weighted by atomic mass is 35.5. The maximum Gasteiger partial charge on any atom is 0.261 e. The van der Waals surface area contributed by atoms with E-state index in [0.717, 1.165) is 10.5 Å². The molecule has 1 heterocycles. The molecule has 0 bridgehead atoms. The number of hydrogen-bond donors (Lipinski definition) is 2. The first-order valence-corrected chi connectivity index (χ1v) is 10.3. The van der Waals surface area contributed by atoms with Gasteiger partial charge in [0.15, 0.2) is 0 Å². The van der Waals surface area contributed by atoms with Gasteiger partial charge in [-0.2, -0.15) is 0 Å². The lowest BCUT2D eigenvalue weighted by molar-refractivity contribution is -0.116. The van der Waals surface area contributed by atoms with Crippen LogP contribution in [-0.4, -0.2) is 20.6 Å². The van der Waals surface area contributed by atoms with Crippen molar-refractivity contribution in [1.29, 1.82) is 0 Å². The number of benzene rings is 2. The topological polar surface area (TPSA) is 75.3 Å². The van der Waals surface area contributed by atoms with E-state index < -0.39 is 10.0 Å². The second-order valence-electron chi connectivity index (χ2n) is 5.32. The van der Waals surface area contributed by atoms with E-state index in [2.05, 4.69) is 10.0 Å². The minimum atomic E-state index is -3.74. The summed E-state index contributed by atoms with van der Waals surface area (Å²) in [6, 6.07) is 9.77. The van der Waals surface area contributed by atoms with Crippen molar-refractivity contribution in [3.63, 3.8) is 0 Å². The Balaban J connectivity index is 1.94. The molecular weight excluding hydrogens is 368 g/mol. The fourth-order valence-corrected chi connectivity index (χ4v) is 4.38. The molecule has 2 aromatic carbocycles. The molecule has 0 unspecified atom stereocenters. The van der Waals surface area contributed by atoms with Gasteiger partial charge in [0.1, 0.15) is 0 Å². The van der Waals surface area contributed by atoms with E-state index >= 15 is 0 Å². The molecule has 126 valence electrons. The van der Waals surface area contributed by atoms with E-state index in [-0.39, 0.29) is 10.8 Å². The van der Waals surface area contributed by atoms with Crippen LogP contribution in [-0.2, 0) is 21.2 Å². The first-order chi connectivity index (χ1) is 11.4. The summed E-state index contributed by atoms with van der Waals surface area (Å²) in [7, 11) is -3.74. The zero-order valence-corrected chi connectivity index (χ0v) is 15.2. The fraction of sp³-hybridized carbons (Fsp3) is 0.188. The van der Waals surface area contributed by atoms with Gasteiger partial charge >= 0.3 is 0 Å². The van der Waals surface area contributed by atoms with E-state index in [1.54, 1.807) is 30.3 Å². The van der Waals surface area contributed by atoms with Gasteiger partial charge in [-0.15, -0.1) is 11.8 Å². The van der Waals surface area contributed by atoms with Crippen molar-refractivity contribution in [3.05, 3.63) is 47.0 Å². The molecule has 1 aliphatic rings. The average molecular weight is 383 g/mol. The predicted molar refractivity (Wildman–Crippen MR) is 97.4 cm³/mol. The molecule has 0 fully saturated rings. The third-order valence-electron chi connectivity index (χ3n) is 3.69. The zero-order chi connectivity index (χ0) is 17.3. The zero-order valence-electron chi connectivity index (χ0n) is 12.8. The van der Waals surface area contributed by atoms with E-state index in [1.807, 2.05) is 6.26 Å². The van der Waals surface area contributed by atoms with Crippen LogP contribution in [0.2, 0.25) is 5.02 Å². The monoisotopic (exact) mass is 382 g/mol. The maximum absolute atomic E-state index is 12.7. The normalized spacial score (nSPS) is 14.0. The number of anilines is 2. The van der Waals surface area contributed by atoms with Crippen LogP contribution >= 0.6 is 23.4 Å². The summed E-state index contributed by atoms with van der Waals surface area (Å²) in [4.78, 5) is 12.3. The number of nitrogens with one attached hydrogen (secondary N) is 2. The standard InChI is InChI=1S/C16H15ClN2O3S2/c1-23-15-6-3-11(17)9-14(15)19-24(21,22)12-4-5-13-10(8-12)2-7-16(20)18-13/h3-6,8-9,19H,2,7H2,1H3,(H,18,20). The average Bonchev–Trinajstić information content (AvgIpc) is 2.54. The van der Waals surface area contributed by atoms with E-state index in [4.69, 9.17) is 11.6 Å². The number of halogens is 1. The molecule has 1 amide bonds. The van der Waals surface area contributed by atoms with Crippen LogP contribution < -0.4 is 10.0 Å². The van der Waals surface area contributed by atoms with Gasteiger partial charge in [0.2, 0.25) is 5.91 Å². The molecular formula is C16H15ClN2O3S2. The molecule has 0 radical (unpaired) electrons. The molecule has 5 nitrogen and oxygen atoms in total. The van der Waals surface area contributed by atoms with Gasteiger partial charge in [-0.3, -0.25) is 9.52 Å². The van der Waals surface area contributed by atoms with Gasteiger partial charge in [0.05, 0.1) is 10.6 Å². The minimum Gasteiger partial charge on any atom is -0.326 e. The van der Waals surface area contributed by atoms with Crippen molar-refractivity contribution in [3.8, 4) is 0 Å². The number of rotatable bonds is 4. The van der Waals surface area contributed by atoms with Crippen molar-refractivity contribution in [2.45, 2.75) is 22.6 Å². The fourth-order valence-electron chi connectivity index (χ4n) is 2.49. The van der Waals surface area contributed by atoms with Gasteiger partial charge < -0.3 is 5.32 Å². The predicted octanol–water partition coefficient (Wildman–Crippen LogP) is 3.75. The smallest absolute Gasteiger partial charge is 0.261 e. The Morgan fingerprint density at radius 3 is 2.71 bits per heavy atom. The quantitative estimate of drug-likeness (QED) is 0.790. The van der Waals surface area contributed by atoms with Crippen molar-refractivity contribution >= 4 is 50.7 Å². The highest BCUT2D eigenvalue weighted by molar-refractivity contribution is 7.99. The molecule has 2 aromatic rings. The first-order valence-electron chi connectivity index (χ1n) is 7.18. The molecule has 3 rings (SSSR count). The summed E-state index contributed by atoms with van der Waals surface area (Å²) in [5, 5.41) is 3.20. The molecule has 0 saturated heterocycles. The number of carbonyl (C=O) groups is 1. The van der Waals surface area contributed by atoms with Crippen LogP contribution in [0.1, 0.15) is 12.0 Å². The molecule has 0 aliphatic carbocycles. The summed E-state index contributed by atoms with van der Waals surface area (Å²) >= 11 is 7.40. The Morgan fingerprint density at radius 2 is 1.96 bits per heavy atom. The minimum absolute atomic E-state index is 0.0558. The highest BCUT2D eigenvalue weighted by Gasteiger charge is 2.21. The van der Waals surface area contributed by atoms with Crippen LogP contribution in [0.5, 0.6) is 0 Å². The highest BCUT2D eigenvalue weighted by Crippen LogP contribution is 2.31. The van der Waals surface area contributed by atoms with Crippen molar-refractivity contribution in [2.24, 2.45) is 0 Å². The van der Waals surface area contributed by atoms with Gasteiger partial charge in [-0.05, 0) is 54.6 Å². The van der Waals surface area contributed by atoms with E-state index in [1.165, 1.54) is 17.8 Å². The second-order valence-corrected chi connectivity index (χ2v) is 8.28. The maximum atomic E-state index is 12.7. The lowest BCUT2D eigenvalue weighted by Gasteiger charge is -2.18. The number of sulfonamides is 1. The third kappa shape index (κ3) is 3.53. The number of hydrogen-bond acceptors (Lipinski definition) is 4. The Labute approximate surface area is 149 Å². The van der Waals surface area contributed by atoms with Gasteiger partial charge in [0, 0.05) is 22.0 Å². The van der Waals surface area contributed by atoms with E-state index in [9.17, 15) is 13.2 Å². The number of amides is 1. The van der Waals surface area contributed by atoms with Crippen molar-refractivity contribution < 1.29 is 13.2 Å². The van der Waals surface area contributed by atoms with Gasteiger partial charge in [0.25, 0.3) is 10.0 Å². The SMILES string of the molecule is CSc1ccc(Cl)cc1NS(=O)(=O)c1ccc2c(c1)CCC(=O)N2. The Kier molecular flexibility index (Phi) is 4.76. The molecule has 1 aliphatic heterocycles. The van der Waals surface area contributed by atoms with Gasteiger partial charge in [-0.1, -0.05) is 11.6 Å². The third-order valence-corrected chi connectivity index (χ3v) is 6.08. The van der Waals surface area contributed by atoms with Gasteiger partial charge in [-0.25, -0.2) is 8.42 Å². The van der Waals surface area contributed by atoms with Crippen molar-refractivity contribution in [1.82, 2.24) is 0 Å². The molecule has 24 heavy (non-hydrogen) atoms. The van der Waals surface area contributed by atoms with E-state index in [0.29, 0.717) is 29.2 Å².